The van der Waals surface area contributed by atoms with Gasteiger partial charge in [0, 0.05) is 10.4 Å². The first-order valence-electron chi connectivity index (χ1n) is 8.66. The van der Waals surface area contributed by atoms with E-state index in [1.165, 1.54) is 29.7 Å². The quantitative estimate of drug-likeness (QED) is 0.399. The van der Waals surface area contributed by atoms with E-state index in [-0.39, 0.29) is 5.56 Å². The number of nitrogens with zero attached hydrogens (tertiary/aromatic N) is 1. The lowest BCUT2D eigenvalue weighted by Crippen LogP contribution is -2.10. The molecule has 0 radical (unpaired) electrons. The van der Waals surface area contributed by atoms with Crippen LogP contribution in [0.25, 0.3) is 21.6 Å². The van der Waals surface area contributed by atoms with Crippen LogP contribution in [0.2, 0.25) is 0 Å². The molecule has 4 nitrogen and oxygen atoms in total. The van der Waals surface area contributed by atoms with Gasteiger partial charge < -0.3 is 9.72 Å². The second kappa shape index (κ2) is 7.75. The first-order valence-corrected chi connectivity index (χ1v) is 11.6. The molecule has 1 aliphatic rings. The van der Waals surface area contributed by atoms with Crippen LogP contribution in [-0.4, -0.2) is 17.1 Å². The molecule has 0 aliphatic heterocycles. The maximum Gasteiger partial charge on any atom is 0.260 e. The normalized spacial score (nSPS) is 14.7. The van der Waals surface area contributed by atoms with E-state index < -0.39 is 0 Å². The first-order chi connectivity index (χ1) is 12.6. The molecule has 136 valence electrons. The Hall–Kier alpha value is -0.680. The van der Waals surface area contributed by atoms with E-state index >= 15 is 0 Å². The summed E-state index contributed by atoms with van der Waals surface area (Å²) < 4.78 is 7.45. The number of aryl methyl sites for hydroxylation is 2. The summed E-state index contributed by atoms with van der Waals surface area (Å²) in [7, 11) is 1.67. The van der Waals surface area contributed by atoms with Crippen LogP contribution in [0.4, 0.5) is 0 Å². The molecule has 0 saturated heterocycles. The molecule has 1 N–H and O–H groups in total. The number of hydrogen-bond acceptors (Lipinski definition) is 4. The van der Waals surface area contributed by atoms with Crippen molar-refractivity contribution in [2.75, 3.05) is 7.11 Å². The molecule has 1 aromatic carbocycles. The van der Waals surface area contributed by atoms with Crippen molar-refractivity contribution >= 4 is 66.7 Å². The van der Waals surface area contributed by atoms with Gasteiger partial charge in [-0.05, 0) is 88.6 Å². The topological polar surface area (TPSA) is 55.0 Å². The summed E-state index contributed by atoms with van der Waals surface area (Å²) in [6.07, 6.45) is 6.98. The van der Waals surface area contributed by atoms with E-state index in [1.54, 1.807) is 18.4 Å². The summed E-state index contributed by atoms with van der Waals surface area (Å²) in [6, 6.07) is 4.02. The maximum atomic E-state index is 12.9. The van der Waals surface area contributed by atoms with Crippen LogP contribution in [0.5, 0.6) is 5.75 Å². The zero-order valence-electron chi connectivity index (χ0n) is 14.3. The van der Waals surface area contributed by atoms with Crippen LogP contribution in [0, 0.1) is 7.14 Å². The molecule has 0 saturated carbocycles. The fourth-order valence-electron chi connectivity index (χ4n) is 3.55. The number of methoxy groups -OCH3 is 1. The maximum absolute atomic E-state index is 12.9. The molecule has 0 unspecified atom stereocenters. The summed E-state index contributed by atoms with van der Waals surface area (Å²) in [5, 5.41) is 0.813. The first kappa shape index (κ1) is 18.7. The molecule has 0 bridgehead atoms. The Labute approximate surface area is 183 Å². The van der Waals surface area contributed by atoms with Gasteiger partial charge in [0.2, 0.25) is 0 Å². The highest BCUT2D eigenvalue weighted by molar-refractivity contribution is 14.1. The number of H-pyrrole nitrogens is 1. The van der Waals surface area contributed by atoms with E-state index in [4.69, 9.17) is 9.72 Å². The van der Waals surface area contributed by atoms with Crippen molar-refractivity contribution in [2.24, 2.45) is 0 Å². The van der Waals surface area contributed by atoms with Crippen LogP contribution in [0.3, 0.4) is 0 Å². The number of thiophene rings is 1. The smallest absolute Gasteiger partial charge is 0.260 e. The molecule has 3 aromatic rings. The van der Waals surface area contributed by atoms with Gasteiger partial charge in [-0.1, -0.05) is 12.8 Å². The van der Waals surface area contributed by atoms with Gasteiger partial charge in [0.15, 0.2) is 0 Å². The second-order valence-corrected chi connectivity index (χ2v) is 9.89. The van der Waals surface area contributed by atoms with Crippen LogP contribution in [0.1, 0.15) is 36.1 Å². The van der Waals surface area contributed by atoms with Crippen molar-refractivity contribution in [3.05, 3.63) is 40.1 Å². The number of rotatable bonds is 2. The third-order valence-electron chi connectivity index (χ3n) is 4.80. The van der Waals surface area contributed by atoms with Crippen LogP contribution in [0.15, 0.2) is 16.9 Å². The number of aromatic amines is 1. The SMILES string of the molecule is COc1c(I)cc(-c2nc3sc4c(c3c(=O)[nH]2)CCCCCC4)cc1I. The number of aromatic nitrogens is 2. The minimum absolute atomic E-state index is 0.0103. The van der Waals surface area contributed by atoms with Crippen LogP contribution in [-0.2, 0) is 12.8 Å². The molecular formula is C19H18I2N2O2S. The van der Waals surface area contributed by atoms with Crippen molar-refractivity contribution in [3.63, 3.8) is 0 Å². The van der Waals surface area contributed by atoms with Gasteiger partial charge in [0.25, 0.3) is 5.56 Å². The Kier molecular flexibility index (Phi) is 5.56. The molecule has 0 amide bonds. The van der Waals surface area contributed by atoms with Gasteiger partial charge in [-0.15, -0.1) is 11.3 Å². The van der Waals surface area contributed by atoms with Crippen molar-refractivity contribution in [2.45, 2.75) is 38.5 Å². The predicted octanol–water partition coefficient (Wildman–Crippen LogP) is 5.53. The van der Waals surface area contributed by atoms with Crippen molar-refractivity contribution in [1.29, 1.82) is 0 Å². The predicted molar refractivity (Wildman–Crippen MR) is 124 cm³/mol. The Morgan fingerprint density at radius 1 is 1.12 bits per heavy atom. The number of fused-ring (bicyclic) bond motifs is 3. The van der Waals surface area contributed by atoms with Gasteiger partial charge in [0.1, 0.15) is 16.4 Å². The molecule has 2 aromatic heterocycles. The molecule has 0 fully saturated rings. The minimum Gasteiger partial charge on any atom is -0.495 e. The van der Waals surface area contributed by atoms with Crippen molar-refractivity contribution in [1.82, 2.24) is 9.97 Å². The van der Waals surface area contributed by atoms with Crippen LogP contribution < -0.4 is 10.3 Å². The summed E-state index contributed by atoms with van der Waals surface area (Å²) in [5.74, 6) is 1.49. The van der Waals surface area contributed by atoms with E-state index in [9.17, 15) is 4.79 Å². The standard InChI is InChI=1S/C19H18I2N2O2S/c1-25-16-12(20)8-10(9-13(16)21)17-22-18(24)15-11-6-4-2-3-5-7-14(11)26-19(15)23-17/h8-9H,2-7H2,1H3,(H,22,23,24). The molecule has 7 heteroatoms. The van der Waals surface area contributed by atoms with Gasteiger partial charge in [-0.2, -0.15) is 0 Å². The zero-order chi connectivity index (χ0) is 18.3. The fraction of sp³-hybridized carbons (Fsp3) is 0.368. The Morgan fingerprint density at radius 3 is 2.50 bits per heavy atom. The second-order valence-electron chi connectivity index (χ2n) is 6.49. The summed E-state index contributed by atoms with van der Waals surface area (Å²) in [6.45, 7) is 0. The highest BCUT2D eigenvalue weighted by Crippen LogP contribution is 2.35. The van der Waals surface area contributed by atoms with Crippen molar-refractivity contribution in [3.8, 4) is 17.1 Å². The third kappa shape index (κ3) is 3.42. The average Bonchev–Trinajstić information content (AvgIpc) is 2.91. The van der Waals surface area contributed by atoms with Gasteiger partial charge in [0.05, 0.1) is 19.6 Å². The zero-order valence-corrected chi connectivity index (χ0v) is 19.5. The molecule has 0 spiro atoms. The van der Waals surface area contributed by atoms with E-state index in [0.29, 0.717) is 5.82 Å². The molecular weight excluding hydrogens is 574 g/mol. The van der Waals surface area contributed by atoms with Crippen molar-refractivity contribution < 1.29 is 4.74 Å². The number of benzene rings is 1. The highest BCUT2D eigenvalue weighted by Gasteiger charge is 2.19. The van der Waals surface area contributed by atoms with Gasteiger partial charge in [-0.3, -0.25) is 4.79 Å². The highest BCUT2D eigenvalue weighted by atomic mass is 127. The van der Waals surface area contributed by atoms with Gasteiger partial charge >= 0.3 is 0 Å². The molecule has 2 heterocycles. The average molecular weight is 592 g/mol. The van der Waals surface area contributed by atoms with E-state index in [0.717, 1.165) is 47.9 Å². The number of ether oxygens (including phenoxy) is 1. The summed E-state index contributed by atoms with van der Waals surface area (Å²) in [4.78, 5) is 23.0. The third-order valence-corrected chi connectivity index (χ3v) is 7.59. The molecule has 4 rings (SSSR count). The van der Waals surface area contributed by atoms with E-state index in [1.807, 2.05) is 12.1 Å². The molecule has 1 aliphatic carbocycles. The largest absolute Gasteiger partial charge is 0.495 e. The Morgan fingerprint density at radius 2 is 1.81 bits per heavy atom. The summed E-state index contributed by atoms with van der Waals surface area (Å²) in [5.41, 5.74) is 2.15. The number of nitrogens with one attached hydrogen (secondary N) is 1. The lowest BCUT2D eigenvalue weighted by Gasteiger charge is -2.10. The fourth-order valence-corrected chi connectivity index (χ4v) is 7.02. The lowest BCUT2D eigenvalue weighted by molar-refractivity contribution is 0.409. The number of halogens is 2. The summed E-state index contributed by atoms with van der Waals surface area (Å²) >= 11 is 6.21. The van der Waals surface area contributed by atoms with Crippen LogP contribution >= 0.6 is 56.5 Å². The Balaban J connectivity index is 1.87. The molecule has 26 heavy (non-hydrogen) atoms. The minimum atomic E-state index is -0.0103. The van der Waals surface area contributed by atoms with E-state index in [2.05, 4.69) is 50.2 Å². The monoisotopic (exact) mass is 592 g/mol. The van der Waals surface area contributed by atoms with Gasteiger partial charge in [-0.25, -0.2) is 4.98 Å². The Bertz CT molecular complexity index is 1020. The lowest BCUT2D eigenvalue weighted by atomic mass is 9.98. The number of hydrogen-bond donors (Lipinski definition) is 1. The molecule has 0 atom stereocenters.